The molecule has 4 atom stereocenters. The van der Waals surface area contributed by atoms with E-state index in [-0.39, 0.29) is 18.0 Å². The highest BCUT2D eigenvalue weighted by molar-refractivity contribution is 5.78. The molecule has 166 valence electrons. The fourth-order valence-corrected chi connectivity index (χ4v) is 3.06. The van der Waals surface area contributed by atoms with Crippen molar-refractivity contribution in [1.29, 1.82) is 0 Å². The summed E-state index contributed by atoms with van der Waals surface area (Å²) >= 11 is 0. The summed E-state index contributed by atoms with van der Waals surface area (Å²) in [6, 6.07) is 8.22. The molecule has 6 N–H and O–H groups in total. The number of aromatic nitrogens is 4. The maximum Gasteiger partial charge on any atom is 0.234 e. The average Bonchev–Trinajstić information content (AvgIpc) is 3.20. The maximum absolute atomic E-state index is 12.6. The van der Waals surface area contributed by atoms with Crippen LogP contribution in [0.4, 0.5) is 0 Å². The second kappa shape index (κ2) is 10.6. The molecule has 0 saturated heterocycles. The van der Waals surface area contributed by atoms with Crippen LogP contribution < -0.4 is 16.4 Å². The van der Waals surface area contributed by atoms with Crippen LogP contribution in [0.5, 0.6) is 0 Å². The first-order chi connectivity index (χ1) is 14.1. The highest BCUT2D eigenvalue weighted by Crippen LogP contribution is 2.23. The van der Waals surface area contributed by atoms with E-state index in [1.54, 1.807) is 4.68 Å². The van der Waals surface area contributed by atoms with Crippen LogP contribution in [-0.4, -0.2) is 61.2 Å². The fourth-order valence-electron chi connectivity index (χ4n) is 3.06. The van der Waals surface area contributed by atoms with E-state index in [2.05, 4.69) is 26.2 Å². The minimum absolute atomic E-state index is 0.211. The van der Waals surface area contributed by atoms with Gasteiger partial charge in [-0.15, -0.1) is 5.10 Å². The molecule has 0 aliphatic rings. The van der Waals surface area contributed by atoms with Gasteiger partial charge in [-0.25, -0.2) is 4.68 Å². The number of benzene rings is 1. The molecule has 0 radical (unpaired) electrons. The van der Waals surface area contributed by atoms with Gasteiger partial charge < -0.3 is 21.3 Å². The quantitative estimate of drug-likeness (QED) is 0.338. The van der Waals surface area contributed by atoms with Gasteiger partial charge in [0.05, 0.1) is 12.1 Å². The van der Waals surface area contributed by atoms with Crippen LogP contribution in [0.3, 0.4) is 0 Å². The van der Waals surface area contributed by atoms with E-state index in [1.165, 1.54) is 0 Å². The number of hydrogen-bond acceptors (Lipinski definition) is 8. The normalized spacial score (nSPS) is 16.0. The lowest BCUT2D eigenvalue weighted by Gasteiger charge is -2.26. The summed E-state index contributed by atoms with van der Waals surface area (Å²) in [4.78, 5) is 12.6. The van der Waals surface area contributed by atoms with E-state index < -0.39 is 24.4 Å². The van der Waals surface area contributed by atoms with Gasteiger partial charge in [0, 0.05) is 6.04 Å². The molecular weight excluding hydrogens is 386 g/mol. The Hall–Kier alpha value is -2.40. The minimum Gasteiger partial charge on any atom is -0.387 e. The van der Waals surface area contributed by atoms with Crippen molar-refractivity contribution in [3.8, 4) is 0 Å². The molecule has 10 nitrogen and oxygen atoms in total. The summed E-state index contributed by atoms with van der Waals surface area (Å²) in [5.41, 5.74) is 6.27. The molecule has 30 heavy (non-hydrogen) atoms. The Balaban J connectivity index is 2.12. The lowest BCUT2D eigenvalue weighted by Crippen LogP contribution is -2.52. The van der Waals surface area contributed by atoms with E-state index in [0.717, 1.165) is 12.0 Å². The van der Waals surface area contributed by atoms with Gasteiger partial charge in [0.2, 0.25) is 5.91 Å². The van der Waals surface area contributed by atoms with E-state index in [0.29, 0.717) is 12.2 Å². The molecule has 1 aromatic heterocycles. The predicted molar refractivity (Wildman–Crippen MR) is 112 cm³/mol. The van der Waals surface area contributed by atoms with Gasteiger partial charge in [0.1, 0.15) is 18.4 Å². The molecule has 0 saturated carbocycles. The van der Waals surface area contributed by atoms with Crippen LogP contribution in [-0.2, 0) is 10.3 Å². The van der Waals surface area contributed by atoms with Crippen molar-refractivity contribution in [2.75, 3.05) is 6.54 Å². The number of amides is 1. The van der Waals surface area contributed by atoms with Crippen LogP contribution >= 0.6 is 0 Å². The van der Waals surface area contributed by atoms with Gasteiger partial charge in [-0.1, -0.05) is 43.7 Å². The second-order valence-corrected chi connectivity index (χ2v) is 8.30. The SMILES string of the molecule is CCCC(N)C(O)[C@H](O)NCC(=O)NC(c1ccccc1)c1nnnn1C(C)(C)C. The zero-order chi connectivity index (χ0) is 22.3. The Morgan fingerprint density at radius 3 is 2.50 bits per heavy atom. The van der Waals surface area contributed by atoms with Crippen LogP contribution in [0.1, 0.15) is 58.0 Å². The van der Waals surface area contributed by atoms with E-state index in [4.69, 9.17) is 5.73 Å². The third-order valence-electron chi connectivity index (χ3n) is 4.68. The Bertz CT molecular complexity index is 791. The number of rotatable bonds is 10. The topological polar surface area (TPSA) is 151 Å². The molecule has 0 aliphatic heterocycles. The Labute approximate surface area is 176 Å². The monoisotopic (exact) mass is 419 g/mol. The number of carbonyl (C=O) groups is 1. The molecule has 3 unspecified atom stereocenters. The molecule has 0 fully saturated rings. The Morgan fingerprint density at radius 1 is 1.23 bits per heavy atom. The maximum atomic E-state index is 12.6. The van der Waals surface area contributed by atoms with Crippen molar-refractivity contribution >= 4 is 5.91 Å². The third-order valence-corrected chi connectivity index (χ3v) is 4.68. The number of nitrogens with one attached hydrogen (secondary N) is 2. The van der Waals surface area contributed by atoms with Gasteiger partial charge in [-0.05, 0) is 43.2 Å². The number of tetrazole rings is 1. The van der Waals surface area contributed by atoms with Crippen molar-refractivity contribution in [3.05, 3.63) is 41.7 Å². The predicted octanol–water partition coefficient (Wildman–Crippen LogP) is 0.0300. The van der Waals surface area contributed by atoms with Crippen LogP contribution in [0, 0.1) is 0 Å². The van der Waals surface area contributed by atoms with Crippen molar-refractivity contribution in [2.45, 2.75) is 70.5 Å². The smallest absolute Gasteiger partial charge is 0.234 e. The first kappa shape index (κ1) is 23.9. The number of aliphatic hydroxyl groups is 2. The summed E-state index contributed by atoms with van der Waals surface area (Å²) in [7, 11) is 0. The van der Waals surface area contributed by atoms with Crippen molar-refractivity contribution in [3.63, 3.8) is 0 Å². The Morgan fingerprint density at radius 2 is 1.90 bits per heavy atom. The van der Waals surface area contributed by atoms with E-state index >= 15 is 0 Å². The summed E-state index contributed by atoms with van der Waals surface area (Å²) in [5.74, 6) is 0.107. The van der Waals surface area contributed by atoms with Crippen LogP contribution in [0.2, 0.25) is 0 Å². The van der Waals surface area contributed by atoms with Crippen LogP contribution in [0.15, 0.2) is 30.3 Å². The van der Waals surface area contributed by atoms with Gasteiger partial charge in [-0.3, -0.25) is 10.1 Å². The average molecular weight is 420 g/mol. The van der Waals surface area contributed by atoms with Gasteiger partial charge in [-0.2, -0.15) is 0 Å². The third kappa shape index (κ3) is 6.30. The van der Waals surface area contributed by atoms with Gasteiger partial charge in [0.15, 0.2) is 5.82 Å². The second-order valence-electron chi connectivity index (χ2n) is 8.30. The van der Waals surface area contributed by atoms with Crippen molar-refractivity contribution < 1.29 is 15.0 Å². The summed E-state index contributed by atoms with van der Waals surface area (Å²) in [6.07, 6.45) is -1.13. The number of aliphatic hydroxyl groups excluding tert-OH is 2. The number of nitrogens with two attached hydrogens (primary N) is 1. The van der Waals surface area contributed by atoms with E-state index in [9.17, 15) is 15.0 Å². The summed E-state index contributed by atoms with van der Waals surface area (Å²) < 4.78 is 1.67. The molecule has 1 heterocycles. The number of hydrogen-bond donors (Lipinski definition) is 5. The lowest BCUT2D eigenvalue weighted by molar-refractivity contribution is -0.122. The first-order valence-electron chi connectivity index (χ1n) is 10.1. The van der Waals surface area contributed by atoms with Gasteiger partial charge >= 0.3 is 0 Å². The lowest BCUT2D eigenvalue weighted by atomic mass is 10.0. The first-order valence-corrected chi connectivity index (χ1v) is 10.1. The Kier molecular flexibility index (Phi) is 8.42. The summed E-state index contributed by atoms with van der Waals surface area (Å²) in [6.45, 7) is 7.63. The minimum atomic E-state index is -1.31. The standard InChI is InChI=1S/C20H33N7O3/c1-5-9-14(21)17(29)19(30)22-12-15(28)23-16(13-10-7-6-8-11-13)18-24-25-26-27(18)20(2,3)4/h6-8,10-11,14,16-17,19,22,29-30H,5,9,12,21H2,1-4H3,(H,23,28)/t14?,16?,17?,19-/m0/s1. The molecule has 10 heteroatoms. The van der Waals surface area contributed by atoms with E-state index in [1.807, 2.05) is 58.0 Å². The van der Waals surface area contributed by atoms with Crippen molar-refractivity contribution in [1.82, 2.24) is 30.8 Å². The van der Waals surface area contributed by atoms with Gasteiger partial charge in [0.25, 0.3) is 0 Å². The van der Waals surface area contributed by atoms with Crippen molar-refractivity contribution in [2.24, 2.45) is 5.73 Å². The number of nitrogens with zero attached hydrogens (tertiary/aromatic N) is 4. The highest BCUT2D eigenvalue weighted by Gasteiger charge is 2.29. The zero-order valence-corrected chi connectivity index (χ0v) is 18.0. The molecule has 0 spiro atoms. The molecule has 0 aliphatic carbocycles. The molecule has 2 aromatic rings. The largest absolute Gasteiger partial charge is 0.387 e. The molecule has 2 rings (SSSR count). The molecule has 1 aromatic carbocycles. The zero-order valence-electron chi connectivity index (χ0n) is 18.0. The number of carbonyl (C=O) groups excluding carboxylic acids is 1. The molecule has 0 bridgehead atoms. The summed E-state index contributed by atoms with van der Waals surface area (Å²) in [5, 5.41) is 37.7. The van der Waals surface area contributed by atoms with Crippen LogP contribution in [0.25, 0.3) is 0 Å². The molecular formula is C20H33N7O3. The highest BCUT2D eigenvalue weighted by atomic mass is 16.3. The molecule has 1 amide bonds. The fraction of sp³-hybridized carbons (Fsp3) is 0.600.